The molecule has 1 atom stereocenters. The van der Waals surface area contributed by atoms with Crippen LogP contribution in [0.25, 0.3) is 0 Å². The van der Waals surface area contributed by atoms with Gasteiger partial charge in [0.2, 0.25) is 11.8 Å². The van der Waals surface area contributed by atoms with Crippen molar-refractivity contribution < 1.29 is 22.7 Å². The van der Waals surface area contributed by atoms with Gasteiger partial charge in [-0.05, 0) is 81.3 Å². The second-order valence-electron chi connectivity index (χ2n) is 9.34. The number of amides is 2. The standard InChI is InChI=1S/C30H35Cl2N3O5S/c1-5-28(30(37)33-6-2)34(19-22-10-17-26(31)27(32)18-22)29(36)20-35(23-11-8-21(4)9-12-23)41(38,39)25-15-13-24(14-16-25)40-7-3/h8-18,28H,5-7,19-20H2,1-4H3,(H,33,37)/t28-/m0/s1. The van der Waals surface area contributed by atoms with Crippen LogP contribution in [0.15, 0.2) is 71.6 Å². The van der Waals surface area contributed by atoms with Crippen molar-refractivity contribution in [1.29, 1.82) is 0 Å². The predicted molar refractivity (Wildman–Crippen MR) is 163 cm³/mol. The number of rotatable bonds is 13. The largest absolute Gasteiger partial charge is 0.494 e. The molecule has 0 saturated carbocycles. The van der Waals surface area contributed by atoms with Crippen LogP contribution in [0.2, 0.25) is 10.0 Å². The summed E-state index contributed by atoms with van der Waals surface area (Å²) in [5, 5.41) is 3.44. The Bertz CT molecular complexity index is 1450. The van der Waals surface area contributed by atoms with Crippen molar-refractivity contribution in [3.05, 3.63) is 87.9 Å². The number of anilines is 1. The first-order valence-electron chi connectivity index (χ1n) is 13.3. The van der Waals surface area contributed by atoms with E-state index in [1.54, 1.807) is 68.4 Å². The van der Waals surface area contributed by atoms with E-state index in [9.17, 15) is 18.0 Å². The van der Waals surface area contributed by atoms with Crippen molar-refractivity contribution in [3.63, 3.8) is 0 Å². The van der Waals surface area contributed by atoms with Crippen molar-refractivity contribution >= 4 is 50.7 Å². The number of likely N-dealkylation sites (N-methyl/N-ethyl adjacent to an activating group) is 1. The van der Waals surface area contributed by atoms with Crippen molar-refractivity contribution in [2.24, 2.45) is 0 Å². The van der Waals surface area contributed by atoms with Gasteiger partial charge < -0.3 is 15.0 Å². The Morgan fingerprint density at radius 3 is 2.15 bits per heavy atom. The molecule has 2 amide bonds. The Balaban J connectivity index is 2.05. The Labute approximate surface area is 252 Å². The molecule has 0 aliphatic rings. The molecule has 0 aromatic heterocycles. The fraction of sp³-hybridized carbons (Fsp3) is 0.333. The smallest absolute Gasteiger partial charge is 0.264 e. The Morgan fingerprint density at radius 1 is 0.927 bits per heavy atom. The Morgan fingerprint density at radius 2 is 1.59 bits per heavy atom. The molecule has 0 saturated heterocycles. The van der Waals surface area contributed by atoms with Gasteiger partial charge in [-0.3, -0.25) is 13.9 Å². The van der Waals surface area contributed by atoms with Crippen LogP contribution in [0.5, 0.6) is 5.75 Å². The number of aryl methyl sites for hydroxylation is 1. The van der Waals surface area contributed by atoms with Crippen LogP contribution >= 0.6 is 23.2 Å². The summed E-state index contributed by atoms with van der Waals surface area (Å²) in [5.41, 5.74) is 1.90. The first-order chi connectivity index (χ1) is 19.5. The first kappa shape index (κ1) is 32.2. The molecule has 8 nitrogen and oxygen atoms in total. The van der Waals surface area contributed by atoms with Crippen LogP contribution in [0.1, 0.15) is 38.3 Å². The van der Waals surface area contributed by atoms with Gasteiger partial charge >= 0.3 is 0 Å². The van der Waals surface area contributed by atoms with Gasteiger partial charge in [0, 0.05) is 13.1 Å². The van der Waals surface area contributed by atoms with Gasteiger partial charge in [-0.15, -0.1) is 0 Å². The van der Waals surface area contributed by atoms with Crippen LogP contribution in [0.4, 0.5) is 5.69 Å². The lowest BCUT2D eigenvalue weighted by atomic mass is 10.1. The van der Waals surface area contributed by atoms with E-state index in [1.165, 1.54) is 17.0 Å². The minimum absolute atomic E-state index is 0.00105. The zero-order chi connectivity index (χ0) is 30.2. The molecule has 0 bridgehead atoms. The second-order valence-corrected chi connectivity index (χ2v) is 12.0. The van der Waals surface area contributed by atoms with E-state index >= 15 is 0 Å². The summed E-state index contributed by atoms with van der Waals surface area (Å²) in [6, 6.07) is 17.0. The maximum absolute atomic E-state index is 14.0. The lowest BCUT2D eigenvalue weighted by Crippen LogP contribution is -2.52. The summed E-state index contributed by atoms with van der Waals surface area (Å²) in [5.74, 6) is -0.353. The molecule has 220 valence electrons. The van der Waals surface area contributed by atoms with Gasteiger partial charge in [0.1, 0.15) is 18.3 Å². The SMILES string of the molecule is CCNC(=O)[C@H](CC)N(Cc1ccc(Cl)c(Cl)c1)C(=O)CN(c1ccc(C)cc1)S(=O)(=O)c1ccc(OCC)cc1. The summed E-state index contributed by atoms with van der Waals surface area (Å²) in [6.07, 6.45) is 0.315. The van der Waals surface area contributed by atoms with Gasteiger partial charge in [0.25, 0.3) is 10.0 Å². The van der Waals surface area contributed by atoms with Gasteiger partial charge in [0.15, 0.2) is 0 Å². The van der Waals surface area contributed by atoms with Crippen LogP contribution in [-0.4, -0.2) is 50.9 Å². The van der Waals surface area contributed by atoms with E-state index in [2.05, 4.69) is 5.32 Å². The van der Waals surface area contributed by atoms with Gasteiger partial charge in [0.05, 0.1) is 27.2 Å². The molecular formula is C30H35Cl2N3O5S. The summed E-state index contributed by atoms with van der Waals surface area (Å²) in [6.45, 7) is 7.62. The van der Waals surface area contributed by atoms with E-state index in [0.717, 1.165) is 9.87 Å². The van der Waals surface area contributed by atoms with Gasteiger partial charge in [-0.1, -0.05) is 53.9 Å². The number of ether oxygens (including phenoxy) is 1. The highest BCUT2D eigenvalue weighted by molar-refractivity contribution is 7.92. The Kier molecular flexibility index (Phi) is 11.5. The summed E-state index contributed by atoms with van der Waals surface area (Å²) < 4.78 is 34.5. The highest BCUT2D eigenvalue weighted by Gasteiger charge is 2.33. The average Bonchev–Trinajstić information content (AvgIpc) is 2.94. The molecule has 41 heavy (non-hydrogen) atoms. The number of nitrogens with zero attached hydrogens (tertiary/aromatic N) is 2. The van der Waals surface area contributed by atoms with Gasteiger partial charge in [-0.25, -0.2) is 8.42 Å². The molecule has 0 aliphatic heterocycles. The number of benzene rings is 3. The van der Waals surface area contributed by atoms with E-state index in [-0.39, 0.29) is 17.3 Å². The minimum atomic E-state index is -4.18. The molecule has 1 N–H and O–H groups in total. The number of hydrogen-bond donors (Lipinski definition) is 1. The quantitative estimate of drug-likeness (QED) is 0.259. The summed E-state index contributed by atoms with van der Waals surface area (Å²) in [4.78, 5) is 28.5. The molecule has 0 unspecified atom stereocenters. The second kappa shape index (κ2) is 14.6. The van der Waals surface area contributed by atoms with Crippen molar-refractivity contribution in [3.8, 4) is 5.75 Å². The highest BCUT2D eigenvalue weighted by Crippen LogP contribution is 2.28. The van der Waals surface area contributed by atoms with Gasteiger partial charge in [-0.2, -0.15) is 0 Å². The van der Waals surface area contributed by atoms with Crippen molar-refractivity contribution in [2.45, 2.75) is 51.6 Å². The average molecular weight is 621 g/mol. The number of carbonyl (C=O) groups is 2. The maximum Gasteiger partial charge on any atom is 0.264 e. The normalized spacial score (nSPS) is 12.0. The number of halogens is 2. The predicted octanol–water partition coefficient (Wildman–Crippen LogP) is 5.84. The van der Waals surface area contributed by atoms with Crippen LogP contribution in [0, 0.1) is 6.92 Å². The topological polar surface area (TPSA) is 96.0 Å². The summed E-state index contributed by atoms with van der Waals surface area (Å²) in [7, 11) is -4.18. The molecule has 3 aromatic rings. The van der Waals surface area contributed by atoms with Crippen molar-refractivity contribution in [2.75, 3.05) is 24.0 Å². The molecule has 0 heterocycles. The van der Waals surface area contributed by atoms with E-state index in [4.69, 9.17) is 27.9 Å². The van der Waals surface area contributed by atoms with Crippen LogP contribution in [-0.2, 0) is 26.2 Å². The van der Waals surface area contributed by atoms with E-state index < -0.39 is 28.5 Å². The molecule has 3 aromatic carbocycles. The highest BCUT2D eigenvalue weighted by atomic mass is 35.5. The molecule has 11 heteroatoms. The fourth-order valence-corrected chi connectivity index (χ4v) is 6.02. The number of sulfonamides is 1. The maximum atomic E-state index is 14.0. The molecule has 0 aliphatic carbocycles. The third-order valence-corrected chi connectivity index (χ3v) is 8.92. The van der Waals surface area contributed by atoms with Crippen LogP contribution < -0.4 is 14.4 Å². The lowest BCUT2D eigenvalue weighted by Gasteiger charge is -2.33. The zero-order valence-electron chi connectivity index (χ0n) is 23.6. The van der Waals surface area contributed by atoms with Crippen molar-refractivity contribution in [1.82, 2.24) is 10.2 Å². The van der Waals surface area contributed by atoms with E-state index in [1.807, 2.05) is 13.8 Å². The minimum Gasteiger partial charge on any atom is -0.494 e. The third-order valence-electron chi connectivity index (χ3n) is 6.40. The van der Waals surface area contributed by atoms with Crippen LogP contribution in [0.3, 0.4) is 0 Å². The third kappa shape index (κ3) is 8.15. The number of carbonyl (C=O) groups excluding carboxylic acids is 2. The summed E-state index contributed by atoms with van der Waals surface area (Å²) >= 11 is 12.3. The monoisotopic (exact) mass is 619 g/mol. The molecule has 3 rings (SSSR count). The Hall–Kier alpha value is -3.27. The van der Waals surface area contributed by atoms with E-state index in [0.29, 0.717) is 46.6 Å². The first-order valence-corrected chi connectivity index (χ1v) is 15.5. The molecular weight excluding hydrogens is 585 g/mol. The molecule has 0 fully saturated rings. The number of hydrogen-bond acceptors (Lipinski definition) is 5. The number of nitrogens with one attached hydrogen (secondary N) is 1. The molecule has 0 spiro atoms. The molecule has 0 radical (unpaired) electrons. The lowest BCUT2D eigenvalue weighted by molar-refractivity contribution is -0.140. The fourth-order valence-electron chi connectivity index (χ4n) is 4.29. The zero-order valence-corrected chi connectivity index (χ0v) is 25.9.